The highest BCUT2D eigenvalue weighted by molar-refractivity contribution is 6.32. The molecule has 18 heavy (non-hydrogen) atoms. The van der Waals surface area contributed by atoms with Crippen molar-refractivity contribution in [3.8, 4) is 0 Å². The zero-order valence-corrected chi connectivity index (χ0v) is 11.8. The van der Waals surface area contributed by atoms with E-state index in [1.807, 2.05) is 14.1 Å². The lowest BCUT2D eigenvalue weighted by atomic mass is 10.3. The minimum atomic E-state index is 0.202. The first-order valence-electron chi connectivity index (χ1n) is 5.92. The van der Waals surface area contributed by atoms with Crippen molar-refractivity contribution in [1.29, 1.82) is 0 Å². The molecule has 6 heteroatoms. The molecule has 0 fully saturated rings. The first-order valence-corrected chi connectivity index (χ1v) is 6.30. The number of nitrogens with zero attached hydrogens (tertiary/aromatic N) is 3. The minimum Gasteiger partial charge on any atom is -0.369 e. The normalized spacial score (nSPS) is 10.7. The summed E-state index contributed by atoms with van der Waals surface area (Å²) in [4.78, 5) is 21.2. The van der Waals surface area contributed by atoms with Crippen LogP contribution in [0.3, 0.4) is 0 Å². The van der Waals surface area contributed by atoms with E-state index in [4.69, 9.17) is 11.6 Å². The molecule has 0 aliphatic carbocycles. The number of unbranched alkanes of at least 4 members (excludes halogenated alkanes) is 1. The van der Waals surface area contributed by atoms with E-state index < -0.39 is 0 Å². The Morgan fingerprint density at radius 1 is 1.33 bits per heavy atom. The molecule has 1 aromatic heterocycles. The van der Waals surface area contributed by atoms with Crippen molar-refractivity contribution in [3.63, 3.8) is 0 Å². The van der Waals surface area contributed by atoms with Crippen LogP contribution >= 0.6 is 11.6 Å². The van der Waals surface area contributed by atoms with Crippen molar-refractivity contribution >= 4 is 23.7 Å². The molecule has 100 valence electrons. The van der Waals surface area contributed by atoms with E-state index in [2.05, 4.69) is 20.2 Å². The monoisotopic (exact) mass is 270 g/mol. The second kappa shape index (κ2) is 7.28. The lowest BCUT2D eigenvalue weighted by Crippen LogP contribution is -2.15. The van der Waals surface area contributed by atoms with Gasteiger partial charge in [0.05, 0.1) is 5.56 Å². The molecule has 0 saturated heterocycles. The van der Waals surface area contributed by atoms with Gasteiger partial charge in [0, 0.05) is 6.54 Å². The fraction of sp³-hybridized carbons (Fsp3) is 0.583. The van der Waals surface area contributed by atoms with Crippen LogP contribution in [0.25, 0.3) is 0 Å². The zero-order valence-electron chi connectivity index (χ0n) is 11.0. The van der Waals surface area contributed by atoms with Crippen molar-refractivity contribution < 1.29 is 4.79 Å². The third-order valence-corrected chi connectivity index (χ3v) is 2.74. The summed E-state index contributed by atoms with van der Waals surface area (Å²) in [6, 6.07) is 0. The summed E-state index contributed by atoms with van der Waals surface area (Å²) >= 11 is 5.89. The Kier molecular flexibility index (Phi) is 6.01. The summed E-state index contributed by atoms with van der Waals surface area (Å²) in [6.45, 7) is 3.56. The number of halogens is 1. The number of aromatic nitrogens is 2. The van der Waals surface area contributed by atoms with Crippen LogP contribution in [0.15, 0.2) is 0 Å². The summed E-state index contributed by atoms with van der Waals surface area (Å²) in [6.07, 6.45) is 2.79. The average molecular weight is 271 g/mol. The Bertz CT molecular complexity index is 409. The molecule has 0 saturated carbocycles. The highest BCUT2D eigenvalue weighted by Crippen LogP contribution is 2.18. The molecule has 1 aromatic rings. The van der Waals surface area contributed by atoms with Crippen molar-refractivity contribution in [2.24, 2.45) is 0 Å². The first kappa shape index (κ1) is 14.9. The number of hydrogen-bond donors (Lipinski definition) is 1. The van der Waals surface area contributed by atoms with Crippen LogP contribution in [0.1, 0.15) is 29.0 Å². The lowest BCUT2D eigenvalue weighted by molar-refractivity contribution is 0.112. The van der Waals surface area contributed by atoms with Gasteiger partial charge >= 0.3 is 0 Å². The fourth-order valence-electron chi connectivity index (χ4n) is 1.55. The van der Waals surface area contributed by atoms with Crippen LogP contribution in [0, 0.1) is 6.92 Å². The van der Waals surface area contributed by atoms with Gasteiger partial charge in [-0.2, -0.15) is 0 Å². The molecular weight excluding hydrogens is 252 g/mol. The van der Waals surface area contributed by atoms with Crippen LogP contribution in [0.2, 0.25) is 5.15 Å². The molecule has 1 heterocycles. The summed E-state index contributed by atoms with van der Waals surface area (Å²) < 4.78 is 0. The molecular formula is C12H19ClN4O. The standard InChI is InChI=1S/C12H19ClN4O/c1-9-15-11(13)10(8-18)12(16-9)14-6-4-5-7-17(2)3/h8H,4-7H2,1-3H3,(H,14,15,16). The van der Waals surface area contributed by atoms with E-state index in [-0.39, 0.29) is 5.15 Å². The van der Waals surface area contributed by atoms with Crippen molar-refractivity contribution in [3.05, 3.63) is 16.5 Å². The highest BCUT2D eigenvalue weighted by atomic mass is 35.5. The summed E-state index contributed by atoms with van der Waals surface area (Å²) in [5.74, 6) is 1.08. The van der Waals surface area contributed by atoms with Gasteiger partial charge in [0.15, 0.2) is 6.29 Å². The number of carbonyl (C=O) groups excluding carboxylic acids is 1. The van der Waals surface area contributed by atoms with E-state index in [1.165, 1.54) is 0 Å². The third kappa shape index (κ3) is 4.58. The van der Waals surface area contributed by atoms with Gasteiger partial charge in [-0.05, 0) is 40.4 Å². The quantitative estimate of drug-likeness (QED) is 0.467. The maximum absolute atomic E-state index is 10.9. The second-order valence-electron chi connectivity index (χ2n) is 4.38. The number of rotatable bonds is 7. The SMILES string of the molecule is Cc1nc(Cl)c(C=O)c(NCCCCN(C)C)n1. The molecule has 0 radical (unpaired) electrons. The molecule has 0 aromatic carbocycles. The van der Waals surface area contributed by atoms with Crippen LogP contribution in [-0.2, 0) is 0 Å². The molecule has 1 N–H and O–H groups in total. The molecule has 1 rings (SSSR count). The maximum Gasteiger partial charge on any atom is 0.156 e. The first-order chi connectivity index (χ1) is 8.54. The molecule has 0 unspecified atom stereocenters. The summed E-state index contributed by atoms with van der Waals surface area (Å²) in [5, 5.41) is 3.34. The molecule has 0 spiro atoms. The predicted octanol–water partition coefficient (Wildman–Crippen LogP) is 2.00. The van der Waals surface area contributed by atoms with Crippen LogP contribution in [-0.4, -0.2) is 48.3 Å². The van der Waals surface area contributed by atoms with Crippen LogP contribution in [0.5, 0.6) is 0 Å². The molecule has 5 nitrogen and oxygen atoms in total. The number of aryl methyl sites for hydroxylation is 1. The topological polar surface area (TPSA) is 58.1 Å². The molecule has 0 bridgehead atoms. The van der Waals surface area contributed by atoms with Crippen molar-refractivity contribution in [1.82, 2.24) is 14.9 Å². The number of aldehydes is 1. The van der Waals surface area contributed by atoms with E-state index in [1.54, 1.807) is 6.92 Å². The van der Waals surface area contributed by atoms with Gasteiger partial charge < -0.3 is 10.2 Å². The average Bonchev–Trinajstić information content (AvgIpc) is 2.27. The van der Waals surface area contributed by atoms with Gasteiger partial charge in [0.25, 0.3) is 0 Å². The van der Waals surface area contributed by atoms with Gasteiger partial charge in [-0.1, -0.05) is 11.6 Å². The minimum absolute atomic E-state index is 0.202. The number of nitrogens with one attached hydrogen (secondary N) is 1. The van der Waals surface area contributed by atoms with E-state index in [0.29, 0.717) is 23.5 Å². The second-order valence-corrected chi connectivity index (χ2v) is 4.74. The zero-order chi connectivity index (χ0) is 13.5. The molecule has 0 aliphatic rings. The van der Waals surface area contributed by atoms with E-state index in [9.17, 15) is 4.79 Å². The highest BCUT2D eigenvalue weighted by Gasteiger charge is 2.10. The van der Waals surface area contributed by atoms with Gasteiger partial charge in [0.2, 0.25) is 0 Å². The largest absolute Gasteiger partial charge is 0.369 e. The lowest BCUT2D eigenvalue weighted by Gasteiger charge is -2.11. The molecule has 0 amide bonds. The van der Waals surface area contributed by atoms with E-state index >= 15 is 0 Å². The van der Waals surface area contributed by atoms with Gasteiger partial charge in [-0.25, -0.2) is 9.97 Å². The van der Waals surface area contributed by atoms with Crippen molar-refractivity contribution in [2.45, 2.75) is 19.8 Å². The number of anilines is 1. The predicted molar refractivity (Wildman–Crippen MR) is 73.4 cm³/mol. The smallest absolute Gasteiger partial charge is 0.156 e. The third-order valence-electron chi connectivity index (χ3n) is 2.45. The van der Waals surface area contributed by atoms with Crippen LogP contribution < -0.4 is 5.32 Å². The summed E-state index contributed by atoms with van der Waals surface area (Å²) in [7, 11) is 4.09. The summed E-state index contributed by atoms with van der Waals surface area (Å²) in [5.41, 5.74) is 0.329. The molecule has 0 atom stereocenters. The van der Waals surface area contributed by atoms with Crippen LogP contribution in [0.4, 0.5) is 5.82 Å². The van der Waals surface area contributed by atoms with E-state index in [0.717, 1.165) is 25.9 Å². The number of carbonyl (C=O) groups is 1. The number of hydrogen-bond acceptors (Lipinski definition) is 5. The van der Waals surface area contributed by atoms with Gasteiger partial charge in [-0.3, -0.25) is 4.79 Å². The fourth-order valence-corrected chi connectivity index (χ4v) is 1.80. The maximum atomic E-state index is 10.9. The Balaban J connectivity index is 2.53. The van der Waals surface area contributed by atoms with Crippen molar-refractivity contribution in [2.75, 3.05) is 32.5 Å². The Labute approximate surface area is 113 Å². The Hall–Kier alpha value is -1.20. The Morgan fingerprint density at radius 2 is 2.06 bits per heavy atom. The Morgan fingerprint density at radius 3 is 2.67 bits per heavy atom. The van der Waals surface area contributed by atoms with Gasteiger partial charge in [-0.15, -0.1) is 0 Å². The van der Waals surface area contributed by atoms with Gasteiger partial charge in [0.1, 0.15) is 16.8 Å². The molecule has 0 aliphatic heterocycles.